The molecule has 1 atom stereocenters. The van der Waals surface area contributed by atoms with Gasteiger partial charge in [0.25, 0.3) is 0 Å². The second kappa shape index (κ2) is 12.5. The zero-order valence-corrected chi connectivity index (χ0v) is 21.7. The molecule has 0 amide bonds. The predicted molar refractivity (Wildman–Crippen MR) is 137 cm³/mol. The highest BCUT2D eigenvalue weighted by atomic mass is 127. The molecule has 2 fully saturated rings. The lowest BCUT2D eigenvalue weighted by molar-refractivity contribution is 0.140. The largest absolute Gasteiger partial charge is 0.354 e. The first-order valence-corrected chi connectivity index (χ1v) is 11.9. The van der Waals surface area contributed by atoms with Crippen LogP contribution >= 0.6 is 35.3 Å². The van der Waals surface area contributed by atoms with Gasteiger partial charge in [0.1, 0.15) is 0 Å². The minimum absolute atomic E-state index is 0. The molecular weight excluding hydrogens is 493 g/mol. The highest BCUT2D eigenvalue weighted by Crippen LogP contribution is 2.29. The van der Waals surface area contributed by atoms with Gasteiger partial charge in [0.2, 0.25) is 0 Å². The van der Waals surface area contributed by atoms with E-state index in [0.29, 0.717) is 18.1 Å². The molecule has 0 bridgehead atoms. The van der Waals surface area contributed by atoms with E-state index in [1.165, 1.54) is 56.7 Å². The number of likely N-dealkylation sites (tertiary alicyclic amines) is 2. The van der Waals surface area contributed by atoms with Crippen molar-refractivity contribution < 1.29 is 0 Å². The third-order valence-electron chi connectivity index (χ3n) is 6.42. The number of piperidine rings is 2. The maximum absolute atomic E-state index is 4.51. The van der Waals surface area contributed by atoms with E-state index in [1.54, 1.807) is 0 Å². The Kier molecular flexibility index (Phi) is 10.7. The number of guanidine groups is 1. The van der Waals surface area contributed by atoms with E-state index < -0.39 is 0 Å². The summed E-state index contributed by atoms with van der Waals surface area (Å²) in [6.07, 6.45) is 5.00. The van der Waals surface area contributed by atoms with Gasteiger partial charge in [-0.1, -0.05) is 13.0 Å². The van der Waals surface area contributed by atoms with Gasteiger partial charge >= 0.3 is 0 Å². The molecule has 5 nitrogen and oxygen atoms in total. The minimum Gasteiger partial charge on any atom is -0.354 e. The van der Waals surface area contributed by atoms with E-state index >= 15 is 0 Å². The average Bonchev–Trinajstić information content (AvgIpc) is 3.23. The first-order chi connectivity index (χ1) is 13.6. The van der Waals surface area contributed by atoms with Crippen LogP contribution in [0.15, 0.2) is 22.5 Å². The molecule has 0 aromatic carbocycles. The van der Waals surface area contributed by atoms with Crippen LogP contribution in [0.4, 0.5) is 0 Å². The number of aliphatic imine (C=N–C) groups is 1. The predicted octanol–water partition coefficient (Wildman–Crippen LogP) is 4.18. The van der Waals surface area contributed by atoms with E-state index in [4.69, 9.17) is 0 Å². The van der Waals surface area contributed by atoms with Crippen LogP contribution in [0.1, 0.15) is 57.4 Å². The number of halogens is 1. The zero-order valence-electron chi connectivity index (χ0n) is 18.6. The Morgan fingerprint density at radius 3 is 2.34 bits per heavy atom. The lowest BCUT2D eigenvalue weighted by Gasteiger charge is -2.37. The Hall–Kier alpha value is -0.380. The summed E-state index contributed by atoms with van der Waals surface area (Å²) in [6.45, 7) is 12.6. The van der Waals surface area contributed by atoms with Crippen LogP contribution in [0.3, 0.4) is 0 Å². The van der Waals surface area contributed by atoms with Crippen molar-refractivity contribution in [3.8, 4) is 0 Å². The van der Waals surface area contributed by atoms with Gasteiger partial charge in [-0.05, 0) is 70.0 Å². The minimum atomic E-state index is 0. The Balaban J connectivity index is 0.00000300. The molecule has 3 rings (SSSR count). The molecule has 0 spiro atoms. The van der Waals surface area contributed by atoms with Crippen molar-refractivity contribution >= 4 is 41.3 Å². The van der Waals surface area contributed by atoms with Gasteiger partial charge in [-0.25, -0.2) is 0 Å². The molecule has 2 saturated heterocycles. The van der Waals surface area contributed by atoms with E-state index in [0.717, 1.165) is 18.4 Å². The molecule has 0 radical (unpaired) electrons. The lowest BCUT2D eigenvalue weighted by Crippen LogP contribution is -2.51. The van der Waals surface area contributed by atoms with Gasteiger partial charge in [-0.15, -0.1) is 35.3 Å². The normalized spacial score (nSPS) is 21.8. The second-order valence-electron chi connectivity index (χ2n) is 8.75. The van der Waals surface area contributed by atoms with Crippen molar-refractivity contribution in [3.05, 3.63) is 22.4 Å². The Morgan fingerprint density at radius 1 is 1.14 bits per heavy atom. The highest BCUT2D eigenvalue weighted by molar-refractivity contribution is 14.0. The van der Waals surface area contributed by atoms with E-state index in [-0.39, 0.29) is 24.0 Å². The SMILES string of the molecule is CN=C(NCC(c1cccs1)N1CCC(C)CC1)NC1CCN(C(C)C)CC1.I. The molecule has 3 heterocycles. The van der Waals surface area contributed by atoms with E-state index in [1.807, 2.05) is 18.4 Å². The lowest BCUT2D eigenvalue weighted by atomic mass is 9.97. The highest BCUT2D eigenvalue weighted by Gasteiger charge is 2.26. The third-order valence-corrected chi connectivity index (χ3v) is 7.39. The summed E-state index contributed by atoms with van der Waals surface area (Å²) in [5.41, 5.74) is 0. The smallest absolute Gasteiger partial charge is 0.191 e. The number of thiophene rings is 1. The van der Waals surface area contributed by atoms with Gasteiger partial charge < -0.3 is 15.5 Å². The molecule has 0 aliphatic carbocycles. The summed E-state index contributed by atoms with van der Waals surface area (Å²) in [4.78, 5) is 11.2. The van der Waals surface area contributed by atoms with Crippen molar-refractivity contribution in [1.29, 1.82) is 0 Å². The monoisotopic (exact) mass is 533 g/mol. The van der Waals surface area contributed by atoms with Crippen LogP contribution in [0.5, 0.6) is 0 Å². The van der Waals surface area contributed by atoms with Crippen LogP contribution in [-0.2, 0) is 0 Å². The fourth-order valence-electron chi connectivity index (χ4n) is 4.37. The van der Waals surface area contributed by atoms with Crippen LogP contribution in [0, 0.1) is 5.92 Å². The van der Waals surface area contributed by atoms with Gasteiger partial charge in [-0.3, -0.25) is 9.89 Å². The topological polar surface area (TPSA) is 42.9 Å². The van der Waals surface area contributed by atoms with Crippen LogP contribution in [0.2, 0.25) is 0 Å². The van der Waals surface area contributed by atoms with E-state index in [9.17, 15) is 0 Å². The summed E-state index contributed by atoms with van der Waals surface area (Å²) in [6, 6.07) is 6.07. The van der Waals surface area contributed by atoms with Crippen LogP contribution in [0.25, 0.3) is 0 Å². The van der Waals surface area contributed by atoms with Crippen molar-refractivity contribution in [2.75, 3.05) is 39.8 Å². The molecule has 2 N–H and O–H groups in total. The Bertz CT molecular complexity index is 590. The molecular formula is C22H40IN5S. The van der Waals surface area contributed by atoms with Gasteiger partial charge in [0.15, 0.2) is 5.96 Å². The van der Waals surface area contributed by atoms with Crippen LogP contribution in [-0.4, -0.2) is 67.6 Å². The first-order valence-electron chi connectivity index (χ1n) is 11.1. The molecule has 7 heteroatoms. The van der Waals surface area contributed by atoms with Crippen LogP contribution < -0.4 is 10.6 Å². The molecule has 166 valence electrons. The number of rotatable bonds is 6. The van der Waals surface area contributed by atoms with Crippen molar-refractivity contribution in [2.45, 2.75) is 64.6 Å². The fraction of sp³-hybridized carbons (Fsp3) is 0.773. The van der Waals surface area contributed by atoms with Gasteiger partial charge in [-0.2, -0.15) is 0 Å². The molecule has 2 aliphatic heterocycles. The van der Waals surface area contributed by atoms with Gasteiger partial charge in [0, 0.05) is 43.6 Å². The summed E-state index contributed by atoms with van der Waals surface area (Å²) >= 11 is 1.88. The van der Waals surface area contributed by atoms with Crippen molar-refractivity contribution in [3.63, 3.8) is 0 Å². The van der Waals surface area contributed by atoms with Gasteiger partial charge in [0.05, 0.1) is 6.04 Å². The maximum atomic E-state index is 4.51. The summed E-state index contributed by atoms with van der Waals surface area (Å²) in [5.74, 6) is 1.81. The van der Waals surface area contributed by atoms with Crippen molar-refractivity contribution in [1.82, 2.24) is 20.4 Å². The summed E-state index contributed by atoms with van der Waals surface area (Å²) < 4.78 is 0. The molecule has 2 aliphatic rings. The van der Waals surface area contributed by atoms with E-state index in [2.05, 4.69) is 63.7 Å². The Labute approximate surface area is 198 Å². The summed E-state index contributed by atoms with van der Waals surface area (Å²) in [5, 5.41) is 9.51. The number of hydrogen-bond donors (Lipinski definition) is 2. The molecule has 1 aromatic rings. The zero-order chi connectivity index (χ0) is 19.9. The number of nitrogens with one attached hydrogen (secondary N) is 2. The number of nitrogens with zero attached hydrogens (tertiary/aromatic N) is 3. The standard InChI is InChI=1S/C22H39N5S.HI/c1-17(2)26-13-9-19(10-14-26)25-22(23-4)24-16-20(21-6-5-15-28-21)27-11-7-18(3)8-12-27;/h5-6,15,17-20H,7-14,16H2,1-4H3,(H2,23,24,25);1H. The molecule has 1 aromatic heterocycles. The fourth-order valence-corrected chi connectivity index (χ4v) is 5.23. The quantitative estimate of drug-likeness (QED) is 0.327. The van der Waals surface area contributed by atoms with Crippen molar-refractivity contribution in [2.24, 2.45) is 10.9 Å². The third kappa shape index (κ3) is 7.36. The number of hydrogen-bond acceptors (Lipinski definition) is 4. The average molecular weight is 534 g/mol. The first kappa shape index (κ1) is 24.9. The second-order valence-corrected chi connectivity index (χ2v) is 9.73. The maximum Gasteiger partial charge on any atom is 0.191 e. The summed E-state index contributed by atoms with van der Waals surface area (Å²) in [7, 11) is 1.89. The molecule has 29 heavy (non-hydrogen) atoms. The molecule has 1 unspecified atom stereocenters. The Morgan fingerprint density at radius 2 is 1.79 bits per heavy atom. The molecule has 0 saturated carbocycles.